The van der Waals surface area contributed by atoms with Crippen molar-refractivity contribution < 1.29 is 44.6 Å². The summed E-state index contributed by atoms with van der Waals surface area (Å²) < 4.78 is 14.8. The highest BCUT2D eigenvalue weighted by Crippen LogP contribution is 2.83. The van der Waals surface area contributed by atoms with Gasteiger partial charge in [-0.2, -0.15) is 0 Å². The van der Waals surface area contributed by atoms with Crippen molar-refractivity contribution in [2.75, 3.05) is 7.05 Å². The molecule has 4 aromatic carbocycles. The molecule has 13 aliphatic carbocycles. The third kappa shape index (κ3) is 8.55. The summed E-state index contributed by atoms with van der Waals surface area (Å²) in [7, 11) is 1.98. The van der Waals surface area contributed by atoms with Crippen molar-refractivity contribution in [1.82, 2.24) is 5.32 Å². The number of hydrogen-bond acceptors (Lipinski definition) is 10. The molecule has 1 saturated heterocycles. The van der Waals surface area contributed by atoms with Gasteiger partial charge in [-0.3, -0.25) is 0 Å². The number of fused-ring (bicyclic) bond motifs is 11. The van der Waals surface area contributed by atoms with Crippen LogP contribution in [0.25, 0.3) is 0 Å². The summed E-state index contributed by atoms with van der Waals surface area (Å²) in [5, 5.41) is 77.3. The monoisotopic (exact) mass is 1290 g/mol. The van der Waals surface area contributed by atoms with Gasteiger partial charge in [0.2, 0.25) is 0 Å². The Labute approximate surface area is 568 Å². The lowest BCUT2D eigenvalue weighted by Gasteiger charge is -2.76. The molecule has 10 heteroatoms. The molecule has 11 fully saturated rings. The van der Waals surface area contributed by atoms with Gasteiger partial charge < -0.3 is 45.1 Å². The second kappa shape index (κ2) is 22.4. The topological polar surface area (TPSA) is 166 Å². The van der Waals surface area contributed by atoms with E-state index in [4.69, 9.17) is 9.47 Å². The van der Waals surface area contributed by atoms with Crippen LogP contribution in [0.4, 0.5) is 0 Å². The highest BCUT2D eigenvalue weighted by molar-refractivity contribution is 5.86. The van der Waals surface area contributed by atoms with Crippen molar-refractivity contribution in [2.45, 2.75) is 214 Å². The molecular weight excluding hydrogens is 1190 g/mol. The van der Waals surface area contributed by atoms with E-state index in [1.165, 1.54) is 35.0 Å². The highest BCUT2D eigenvalue weighted by Gasteiger charge is 2.89. The molecule has 10 saturated carbocycles. The number of aldehydes is 1. The lowest BCUT2D eigenvalue weighted by Crippen LogP contribution is -2.87. The smallest absolute Gasteiger partial charge is 0.331 e. The molecule has 3 aliphatic heterocycles. The number of aliphatic hydroxyl groups excluding tert-OH is 2. The van der Waals surface area contributed by atoms with Gasteiger partial charge in [-0.05, 0) is 277 Å². The van der Waals surface area contributed by atoms with E-state index in [9.17, 15) is 15.0 Å². The molecule has 10 nitrogen and oxygen atoms in total. The SMILES string of the molecule is CNC1Cc2c(cccc2CO)C#CC2(CCC(Cc3ccccc3)C2)CC23CCC4C5(C=O)CC67C(CC8Cc9cccc(c9)CC9CCC(C9)C9CC=CC%10CC(C6O8)C5(O)C(CC%109)C(O)C4(O)C2(O)CC2CC1C1OC(=O)C=C1C23)CC1CC(c2ccccc2)CCC17. The number of nitrogens with one attached hydrogen (secondary N) is 1. The molecule has 3 spiro atoms. The number of allylic oxidation sites excluding steroid dienone is 2. The van der Waals surface area contributed by atoms with Crippen molar-refractivity contribution in [1.29, 1.82) is 0 Å². The van der Waals surface area contributed by atoms with Crippen LogP contribution in [-0.2, 0) is 51.4 Å². The van der Waals surface area contributed by atoms with Crippen LogP contribution in [-0.4, -0.2) is 92.1 Å². The Bertz CT molecular complexity index is 3870. The Morgan fingerprint density at radius 3 is 2.36 bits per heavy atom. The first kappa shape index (κ1) is 61.8. The minimum Gasteiger partial charge on any atom is -0.454 e. The largest absolute Gasteiger partial charge is 0.454 e. The van der Waals surface area contributed by atoms with Crippen LogP contribution in [0, 0.1) is 122 Å². The van der Waals surface area contributed by atoms with E-state index in [-0.39, 0.29) is 84.6 Å². The molecule has 0 amide bonds. The number of aliphatic hydroxyl groups is 5. The minimum atomic E-state index is -2.28. The summed E-state index contributed by atoms with van der Waals surface area (Å²) >= 11 is 0. The summed E-state index contributed by atoms with van der Waals surface area (Å²) in [6, 6.07) is 37.2. The minimum absolute atomic E-state index is 0.0665. The third-order valence-electron chi connectivity index (χ3n) is 32.0. The van der Waals surface area contributed by atoms with Gasteiger partial charge in [0.1, 0.15) is 23.6 Å². The summed E-state index contributed by atoms with van der Waals surface area (Å²) in [5.74, 6) is 7.10. The Balaban J connectivity index is 0.822. The second-order valence-electron chi connectivity index (χ2n) is 35.3. The maximum atomic E-state index is 16.4. The molecule has 28 unspecified atom stereocenters. The lowest BCUT2D eigenvalue weighted by molar-refractivity contribution is -0.395. The summed E-state index contributed by atoms with van der Waals surface area (Å²) in [4.78, 5) is 30.9. The van der Waals surface area contributed by atoms with E-state index in [0.717, 1.165) is 112 Å². The normalized spacial score (nSPS) is 48.6. The van der Waals surface area contributed by atoms with E-state index in [1.54, 1.807) is 6.08 Å². The number of carbonyl (C=O) groups excluding carboxylic acids is 2. The molecule has 6 N–H and O–H groups in total. The van der Waals surface area contributed by atoms with Gasteiger partial charge in [0, 0.05) is 57.6 Å². The number of ether oxygens (including phenoxy) is 2. The molecule has 28 atom stereocenters. The maximum absolute atomic E-state index is 16.4. The van der Waals surface area contributed by atoms with Gasteiger partial charge >= 0.3 is 5.97 Å². The van der Waals surface area contributed by atoms with E-state index in [1.807, 2.05) is 19.2 Å². The quantitative estimate of drug-likeness (QED) is 0.0474. The zero-order chi connectivity index (χ0) is 64.9. The Morgan fingerprint density at radius 1 is 0.719 bits per heavy atom. The van der Waals surface area contributed by atoms with Crippen LogP contribution in [0.15, 0.2) is 127 Å². The van der Waals surface area contributed by atoms with Crippen LogP contribution < -0.4 is 5.32 Å². The van der Waals surface area contributed by atoms with Crippen LogP contribution in [0.3, 0.4) is 0 Å². The molecule has 504 valence electrons. The van der Waals surface area contributed by atoms with E-state index < -0.39 is 74.3 Å². The number of esters is 1. The van der Waals surface area contributed by atoms with Crippen LogP contribution in [0.1, 0.15) is 173 Å². The third-order valence-corrected chi connectivity index (χ3v) is 32.0. The zero-order valence-electron chi connectivity index (χ0n) is 56.3. The Morgan fingerprint density at radius 2 is 1.54 bits per heavy atom. The van der Waals surface area contributed by atoms with Gasteiger partial charge in [-0.25, -0.2) is 4.79 Å². The van der Waals surface area contributed by atoms with Gasteiger partial charge in [0.05, 0.1) is 35.9 Å². The first-order chi connectivity index (χ1) is 46.6. The van der Waals surface area contributed by atoms with Crippen molar-refractivity contribution in [2.24, 2.45) is 110 Å². The van der Waals surface area contributed by atoms with Crippen LogP contribution in [0.2, 0.25) is 0 Å². The fourth-order valence-corrected chi connectivity index (χ4v) is 28.9. The molecule has 96 heavy (non-hydrogen) atoms. The fourth-order valence-electron chi connectivity index (χ4n) is 28.9. The van der Waals surface area contributed by atoms with E-state index >= 15 is 20.1 Å². The zero-order valence-corrected chi connectivity index (χ0v) is 56.3. The Kier molecular flexibility index (Phi) is 14.4. The predicted molar refractivity (Wildman–Crippen MR) is 366 cm³/mol. The molecule has 20 rings (SSSR count). The summed E-state index contributed by atoms with van der Waals surface area (Å²) in [6.07, 6.45) is 23.6. The number of benzene rings is 4. The number of likely N-dealkylation sites (N-methyl/N-ethyl adjacent to an activating group) is 1. The van der Waals surface area contributed by atoms with Crippen molar-refractivity contribution in [3.05, 3.63) is 166 Å². The van der Waals surface area contributed by atoms with Gasteiger partial charge in [0.25, 0.3) is 0 Å². The maximum Gasteiger partial charge on any atom is 0.331 e. The average molecular weight is 1290 g/mol. The number of rotatable bonds is 6. The van der Waals surface area contributed by atoms with Gasteiger partial charge in [-0.15, -0.1) is 0 Å². The van der Waals surface area contributed by atoms with Crippen molar-refractivity contribution in [3.63, 3.8) is 0 Å². The Hall–Kier alpha value is -5.22. The molecule has 0 aromatic heterocycles. The molecule has 16 aliphatic rings. The van der Waals surface area contributed by atoms with E-state index in [2.05, 4.69) is 120 Å². The second-order valence-corrected chi connectivity index (χ2v) is 35.3. The van der Waals surface area contributed by atoms with Gasteiger partial charge in [-0.1, -0.05) is 121 Å². The number of carbonyl (C=O) groups is 2. The molecule has 0 radical (unpaired) electrons. The first-order valence-electron chi connectivity index (χ1n) is 38.3. The average Bonchev–Trinajstić information content (AvgIpc) is 0.876. The van der Waals surface area contributed by atoms with Gasteiger partial charge in [0.15, 0.2) is 0 Å². The van der Waals surface area contributed by atoms with Crippen molar-refractivity contribution >= 4 is 12.3 Å². The molecular formula is C86H101NO9. The highest BCUT2D eigenvalue weighted by atomic mass is 16.5. The number of hydrogen-bond donors (Lipinski definition) is 6. The fraction of sp³-hybridized carbons (Fsp3) is 0.628. The van der Waals surface area contributed by atoms with Crippen LogP contribution >= 0.6 is 0 Å². The summed E-state index contributed by atoms with van der Waals surface area (Å²) in [5.41, 5.74) is -1.01. The van der Waals surface area contributed by atoms with Crippen molar-refractivity contribution in [3.8, 4) is 11.8 Å². The summed E-state index contributed by atoms with van der Waals surface area (Å²) in [6.45, 7) is -0.136. The standard InChI is InChI=1S/C86H101NO9/c1-87-73-42-66-56(17-9-19-60(66)46-88)26-29-80(28-25-54(44-80)31-50-11-4-2-5-12-50)47-81-30-27-74-82(49-89)48-83-63(37-61-36-57(23-24-70(61)83)55-15-6-3-7-16-55)40-64-35-52-14-8-13-51(32-52)33-53-21-22-59(34-53)65-20-10-18-58-39-72(79(83)95-64)85(82,93)71(41-67(58)65)78(91)86(74,94)84(81,92)45-62-38-68(73)77-69(76(62)81)43-75(90)96-77/h2-19,32,43,49,53-54,57-59,61-65,67-68,70-74,76-79,87-88,91-94H,20-25,27-28,30-31,33-42,44-48H2,1H3. The van der Waals surface area contributed by atoms with Crippen LogP contribution in [0.5, 0.6) is 0 Å². The first-order valence-corrected chi connectivity index (χ1v) is 38.3. The lowest BCUT2D eigenvalue weighted by atomic mass is 9.31. The molecule has 4 aromatic rings. The van der Waals surface area contributed by atoms with E-state index in [0.29, 0.717) is 75.0 Å². The molecule has 14 bridgehead atoms. The molecule has 3 heterocycles. The predicted octanol–water partition coefficient (Wildman–Crippen LogP) is 12.6.